The molecule has 1 N–H and O–H groups in total. The highest BCUT2D eigenvalue weighted by Gasteiger charge is 2.25. The van der Waals surface area contributed by atoms with Gasteiger partial charge in [0.1, 0.15) is 5.69 Å². The summed E-state index contributed by atoms with van der Waals surface area (Å²) in [7, 11) is 1.51. The molecule has 1 amide bonds. The van der Waals surface area contributed by atoms with Crippen molar-refractivity contribution in [2.24, 2.45) is 0 Å². The maximum Gasteiger partial charge on any atom is 0.293 e. The Morgan fingerprint density at radius 1 is 1.15 bits per heavy atom. The normalized spacial score (nSPS) is 17.4. The number of hydrogen-bond acceptors (Lipinski definition) is 4. The summed E-state index contributed by atoms with van der Waals surface area (Å²) in [6.45, 7) is 1.54. The van der Waals surface area contributed by atoms with Crippen LogP contribution in [-0.2, 0) is 0 Å². The SMILES string of the molecule is CNC(=O)c1ccc(N2CCCC(c3ccccc3)CC2)c([N+](=O)[O-])c1. The van der Waals surface area contributed by atoms with Crippen molar-refractivity contribution in [2.45, 2.75) is 25.2 Å². The van der Waals surface area contributed by atoms with E-state index in [0.29, 0.717) is 17.2 Å². The van der Waals surface area contributed by atoms with Crippen LogP contribution < -0.4 is 10.2 Å². The molecule has 1 atom stereocenters. The van der Waals surface area contributed by atoms with Gasteiger partial charge in [-0.15, -0.1) is 0 Å². The number of nitro benzene ring substituents is 1. The van der Waals surface area contributed by atoms with Crippen LogP contribution >= 0.6 is 0 Å². The Bertz CT molecular complexity index is 792. The number of nitro groups is 1. The van der Waals surface area contributed by atoms with E-state index in [-0.39, 0.29) is 11.6 Å². The molecule has 2 aromatic rings. The van der Waals surface area contributed by atoms with E-state index < -0.39 is 4.92 Å². The highest BCUT2D eigenvalue weighted by atomic mass is 16.6. The van der Waals surface area contributed by atoms with Gasteiger partial charge in [-0.05, 0) is 42.9 Å². The molecule has 1 aliphatic rings. The Morgan fingerprint density at radius 3 is 2.62 bits per heavy atom. The van der Waals surface area contributed by atoms with E-state index >= 15 is 0 Å². The molecule has 0 radical (unpaired) electrons. The summed E-state index contributed by atoms with van der Waals surface area (Å²) < 4.78 is 0. The smallest absolute Gasteiger partial charge is 0.293 e. The van der Waals surface area contributed by atoms with Crippen LogP contribution in [0.25, 0.3) is 0 Å². The number of benzene rings is 2. The molecular formula is C20H23N3O3. The Labute approximate surface area is 153 Å². The lowest BCUT2D eigenvalue weighted by atomic mass is 9.92. The summed E-state index contributed by atoms with van der Waals surface area (Å²) in [6.07, 6.45) is 3.01. The van der Waals surface area contributed by atoms with Gasteiger partial charge in [0, 0.05) is 31.8 Å². The molecule has 0 aromatic heterocycles. The van der Waals surface area contributed by atoms with Crippen LogP contribution in [0.2, 0.25) is 0 Å². The van der Waals surface area contributed by atoms with Gasteiger partial charge in [-0.25, -0.2) is 0 Å². The maximum absolute atomic E-state index is 11.8. The number of hydrogen-bond donors (Lipinski definition) is 1. The predicted molar refractivity (Wildman–Crippen MR) is 102 cm³/mol. The quantitative estimate of drug-likeness (QED) is 0.671. The largest absolute Gasteiger partial charge is 0.366 e. The number of nitrogens with one attached hydrogen (secondary N) is 1. The van der Waals surface area contributed by atoms with Gasteiger partial charge in [0.05, 0.1) is 4.92 Å². The highest BCUT2D eigenvalue weighted by molar-refractivity contribution is 5.95. The Kier molecular flexibility index (Phi) is 5.51. The first-order valence-corrected chi connectivity index (χ1v) is 8.90. The minimum Gasteiger partial charge on any atom is -0.366 e. The van der Waals surface area contributed by atoms with Crippen molar-refractivity contribution in [1.29, 1.82) is 0 Å². The molecule has 136 valence electrons. The van der Waals surface area contributed by atoms with Crippen LogP contribution in [0.1, 0.15) is 41.1 Å². The molecule has 1 saturated heterocycles. The third-order valence-electron chi connectivity index (χ3n) is 5.00. The highest BCUT2D eigenvalue weighted by Crippen LogP contribution is 2.34. The van der Waals surface area contributed by atoms with Gasteiger partial charge in [-0.3, -0.25) is 14.9 Å². The van der Waals surface area contributed by atoms with E-state index in [9.17, 15) is 14.9 Å². The van der Waals surface area contributed by atoms with Crippen LogP contribution in [0, 0.1) is 10.1 Å². The van der Waals surface area contributed by atoms with Gasteiger partial charge in [0.25, 0.3) is 11.6 Å². The number of amides is 1. The van der Waals surface area contributed by atoms with Crippen molar-refractivity contribution in [2.75, 3.05) is 25.0 Å². The van der Waals surface area contributed by atoms with E-state index in [1.807, 2.05) is 6.07 Å². The summed E-state index contributed by atoms with van der Waals surface area (Å²) in [6, 6.07) is 15.2. The average molecular weight is 353 g/mol. The zero-order chi connectivity index (χ0) is 18.5. The monoisotopic (exact) mass is 353 g/mol. The maximum atomic E-state index is 11.8. The molecule has 0 spiro atoms. The minimum absolute atomic E-state index is 0.00994. The lowest BCUT2D eigenvalue weighted by Crippen LogP contribution is -2.25. The number of carbonyl (C=O) groups is 1. The van der Waals surface area contributed by atoms with Crippen LogP contribution in [0.4, 0.5) is 11.4 Å². The first kappa shape index (κ1) is 17.9. The van der Waals surface area contributed by atoms with Crippen molar-refractivity contribution in [1.82, 2.24) is 5.32 Å². The molecule has 0 saturated carbocycles. The van der Waals surface area contributed by atoms with Crippen LogP contribution in [-0.4, -0.2) is 31.0 Å². The first-order valence-electron chi connectivity index (χ1n) is 8.90. The third kappa shape index (κ3) is 3.85. The first-order chi connectivity index (χ1) is 12.6. The summed E-state index contributed by atoms with van der Waals surface area (Å²) in [5, 5.41) is 14.1. The Hall–Kier alpha value is -2.89. The molecular weight excluding hydrogens is 330 g/mol. The fourth-order valence-electron chi connectivity index (χ4n) is 3.62. The number of nitrogens with zero attached hydrogens (tertiary/aromatic N) is 2. The van der Waals surface area contributed by atoms with Crippen LogP contribution in [0.5, 0.6) is 0 Å². The molecule has 0 aliphatic carbocycles. The van der Waals surface area contributed by atoms with Gasteiger partial charge in [0.2, 0.25) is 0 Å². The van der Waals surface area contributed by atoms with Crippen LogP contribution in [0.15, 0.2) is 48.5 Å². The van der Waals surface area contributed by atoms with E-state index in [0.717, 1.165) is 32.4 Å². The average Bonchev–Trinajstić information content (AvgIpc) is 2.93. The summed E-state index contributed by atoms with van der Waals surface area (Å²) >= 11 is 0. The standard InChI is InChI=1S/C20H23N3O3/c1-21-20(24)17-9-10-18(19(14-17)23(25)26)22-12-5-8-16(11-13-22)15-6-3-2-4-7-15/h2-4,6-7,9-10,14,16H,5,8,11-13H2,1H3,(H,21,24). The molecule has 6 nitrogen and oxygen atoms in total. The van der Waals surface area contributed by atoms with Crippen molar-refractivity contribution in [3.05, 3.63) is 69.8 Å². The zero-order valence-electron chi connectivity index (χ0n) is 14.9. The van der Waals surface area contributed by atoms with Crippen molar-refractivity contribution < 1.29 is 9.72 Å². The van der Waals surface area contributed by atoms with E-state index in [4.69, 9.17) is 0 Å². The van der Waals surface area contributed by atoms with Crippen molar-refractivity contribution in [3.8, 4) is 0 Å². The van der Waals surface area contributed by atoms with E-state index in [1.54, 1.807) is 12.1 Å². The second kappa shape index (κ2) is 7.99. The summed E-state index contributed by atoms with van der Waals surface area (Å²) in [4.78, 5) is 25.0. The van der Waals surface area contributed by atoms with Gasteiger partial charge in [0.15, 0.2) is 0 Å². The lowest BCUT2D eigenvalue weighted by molar-refractivity contribution is -0.384. The topological polar surface area (TPSA) is 75.5 Å². The number of anilines is 1. The van der Waals surface area contributed by atoms with Gasteiger partial charge >= 0.3 is 0 Å². The fraction of sp³-hybridized carbons (Fsp3) is 0.350. The molecule has 2 aromatic carbocycles. The molecule has 3 rings (SSSR count). The lowest BCUT2D eigenvalue weighted by Gasteiger charge is -2.23. The molecule has 26 heavy (non-hydrogen) atoms. The molecule has 0 bridgehead atoms. The third-order valence-corrected chi connectivity index (χ3v) is 5.00. The van der Waals surface area contributed by atoms with Gasteiger partial charge in [-0.2, -0.15) is 0 Å². The molecule has 1 heterocycles. The minimum atomic E-state index is -0.401. The molecule has 1 aliphatic heterocycles. The molecule has 1 fully saturated rings. The fourth-order valence-corrected chi connectivity index (χ4v) is 3.62. The van der Waals surface area contributed by atoms with E-state index in [1.165, 1.54) is 18.7 Å². The number of carbonyl (C=O) groups excluding carboxylic acids is 1. The Morgan fingerprint density at radius 2 is 1.92 bits per heavy atom. The molecule has 1 unspecified atom stereocenters. The van der Waals surface area contributed by atoms with Gasteiger partial charge < -0.3 is 10.2 Å². The zero-order valence-corrected chi connectivity index (χ0v) is 14.9. The van der Waals surface area contributed by atoms with Crippen molar-refractivity contribution >= 4 is 17.3 Å². The van der Waals surface area contributed by atoms with Gasteiger partial charge in [-0.1, -0.05) is 30.3 Å². The summed E-state index contributed by atoms with van der Waals surface area (Å²) in [5.41, 5.74) is 2.22. The second-order valence-electron chi connectivity index (χ2n) is 6.57. The number of rotatable bonds is 4. The van der Waals surface area contributed by atoms with Crippen molar-refractivity contribution in [3.63, 3.8) is 0 Å². The second-order valence-corrected chi connectivity index (χ2v) is 6.57. The van der Waals surface area contributed by atoms with E-state index in [2.05, 4.69) is 34.5 Å². The van der Waals surface area contributed by atoms with Crippen LogP contribution in [0.3, 0.4) is 0 Å². The summed E-state index contributed by atoms with van der Waals surface area (Å²) in [5.74, 6) is 0.157. The molecule has 6 heteroatoms. The predicted octanol–water partition coefficient (Wildman–Crippen LogP) is 3.73. The Balaban J connectivity index is 1.82.